The second-order valence-corrected chi connectivity index (χ2v) is 8.40. The molecule has 0 radical (unpaired) electrons. The number of hydrogen-bond donors (Lipinski definition) is 4. The number of aromatic nitrogens is 2. The second-order valence-electron chi connectivity index (χ2n) is 7.30. The van der Waals surface area contributed by atoms with Crippen LogP contribution in [0.3, 0.4) is 0 Å². The van der Waals surface area contributed by atoms with Crippen molar-refractivity contribution in [2.75, 3.05) is 26.5 Å². The average molecular weight is 483 g/mol. The molecule has 34 heavy (non-hydrogen) atoms. The zero-order valence-electron chi connectivity index (χ0n) is 19.8. The van der Waals surface area contributed by atoms with E-state index in [0.29, 0.717) is 5.96 Å². The minimum absolute atomic E-state index is 0.485. The number of aliphatic carboxylic acids is 1. The van der Waals surface area contributed by atoms with Gasteiger partial charge in [0, 0.05) is 30.8 Å². The number of thioether (sulfide) groups is 1. The van der Waals surface area contributed by atoms with Crippen LogP contribution >= 0.6 is 11.8 Å². The van der Waals surface area contributed by atoms with Crippen molar-refractivity contribution < 1.29 is 14.6 Å². The van der Waals surface area contributed by atoms with Crippen LogP contribution < -0.4 is 15.4 Å². The van der Waals surface area contributed by atoms with Crippen LogP contribution in [0.5, 0.6) is 5.75 Å². The van der Waals surface area contributed by atoms with Gasteiger partial charge in [0.1, 0.15) is 5.75 Å². The third kappa shape index (κ3) is 8.01. The van der Waals surface area contributed by atoms with Crippen molar-refractivity contribution in [3.05, 3.63) is 59.7 Å². The van der Waals surface area contributed by atoms with E-state index in [-0.39, 0.29) is 0 Å². The number of guanidine groups is 1. The SMILES string of the molecule is CN=C(NC#N)NCCSCc1nc[nH]c1C.COc1ccc2cc([C@H](C)C(=O)O)ccc2c1. The molecule has 9 nitrogen and oxygen atoms in total. The number of fused-ring (bicyclic) bond motifs is 1. The van der Waals surface area contributed by atoms with Gasteiger partial charge in [0.05, 0.1) is 25.0 Å². The van der Waals surface area contributed by atoms with Gasteiger partial charge in [-0.05, 0) is 42.3 Å². The first kappa shape index (κ1) is 26.5. The van der Waals surface area contributed by atoms with Crippen molar-refractivity contribution in [3.8, 4) is 11.9 Å². The number of aliphatic imine (C=N–C) groups is 1. The molecule has 0 aliphatic heterocycles. The fraction of sp³-hybridized carbons (Fsp3) is 0.333. The van der Waals surface area contributed by atoms with Crippen molar-refractivity contribution in [3.63, 3.8) is 0 Å². The van der Waals surface area contributed by atoms with Gasteiger partial charge >= 0.3 is 5.97 Å². The lowest BCUT2D eigenvalue weighted by Crippen LogP contribution is -2.35. The molecule has 0 amide bonds. The third-order valence-corrected chi connectivity index (χ3v) is 6.02. The molecule has 3 aromatic rings. The van der Waals surface area contributed by atoms with Gasteiger partial charge in [-0.3, -0.25) is 15.1 Å². The lowest BCUT2D eigenvalue weighted by molar-refractivity contribution is -0.138. The number of benzene rings is 2. The highest BCUT2D eigenvalue weighted by Gasteiger charge is 2.13. The third-order valence-electron chi connectivity index (χ3n) is 5.05. The summed E-state index contributed by atoms with van der Waals surface area (Å²) in [5.74, 6) is 1.83. The quantitative estimate of drug-likeness (QED) is 0.126. The number of nitriles is 1. The van der Waals surface area contributed by atoms with E-state index >= 15 is 0 Å². The zero-order chi connectivity index (χ0) is 24.9. The van der Waals surface area contributed by atoms with Crippen molar-refractivity contribution in [1.82, 2.24) is 20.6 Å². The van der Waals surface area contributed by atoms with Gasteiger partial charge in [-0.25, -0.2) is 4.98 Å². The molecule has 0 aliphatic rings. The first-order valence-corrected chi connectivity index (χ1v) is 11.8. The minimum Gasteiger partial charge on any atom is -0.497 e. The molecule has 0 saturated heterocycles. The van der Waals surface area contributed by atoms with E-state index in [0.717, 1.165) is 51.5 Å². The Kier molecular flexibility index (Phi) is 10.7. The molecule has 10 heteroatoms. The van der Waals surface area contributed by atoms with Crippen LogP contribution in [0.4, 0.5) is 0 Å². The van der Waals surface area contributed by atoms with Crippen LogP contribution in [0.2, 0.25) is 0 Å². The van der Waals surface area contributed by atoms with Gasteiger partial charge < -0.3 is 20.1 Å². The van der Waals surface area contributed by atoms with Crippen LogP contribution in [0.25, 0.3) is 10.8 Å². The second kappa shape index (κ2) is 13.7. The van der Waals surface area contributed by atoms with Crippen molar-refractivity contribution in [1.29, 1.82) is 5.26 Å². The summed E-state index contributed by atoms with van der Waals surface area (Å²) in [6.45, 7) is 4.46. The highest BCUT2D eigenvalue weighted by atomic mass is 32.2. The maximum absolute atomic E-state index is 10.9. The van der Waals surface area contributed by atoms with Crippen LogP contribution in [-0.2, 0) is 10.5 Å². The molecule has 0 spiro atoms. The molecule has 4 N–H and O–H groups in total. The van der Waals surface area contributed by atoms with E-state index in [4.69, 9.17) is 15.1 Å². The molecule has 0 saturated carbocycles. The number of carboxylic acids is 1. The van der Waals surface area contributed by atoms with E-state index in [1.165, 1.54) is 0 Å². The number of rotatable bonds is 8. The number of nitrogens with one attached hydrogen (secondary N) is 3. The number of aryl methyl sites for hydroxylation is 1. The predicted octanol–water partition coefficient (Wildman–Crippen LogP) is 3.63. The first-order chi connectivity index (χ1) is 16.4. The van der Waals surface area contributed by atoms with Crippen molar-refractivity contribution >= 4 is 34.5 Å². The number of carbonyl (C=O) groups is 1. The molecule has 1 heterocycles. The van der Waals surface area contributed by atoms with Crippen molar-refractivity contribution in [2.45, 2.75) is 25.5 Å². The van der Waals surface area contributed by atoms with Gasteiger partial charge in [0.25, 0.3) is 0 Å². The molecule has 2 aromatic carbocycles. The number of methoxy groups -OCH3 is 1. The Labute approximate surface area is 203 Å². The van der Waals surface area contributed by atoms with Crippen LogP contribution in [-0.4, -0.2) is 53.5 Å². The Morgan fingerprint density at radius 3 is 2.68 bits per heavy atom. The lowest BCUT2D eigenvalue weighted by atomic mass is 9.98. The molecule has 3 rings (SSSR count). The molecule has 1 atom stereocenters. The molecule has 180 valence electrons. The maximum atomic E-state index is 10.9. The Balaban J connectivity index is 0.000000240. The van der Waals surface area contributed by atoms with Gasteiger partial charge in [-0.15, -0.1) is 0 Å². The number of imidazole rings is 1. The summed E-state index contributed by atoms with van der Waals surface area (Å²) in [6, 6.07) is 11.4. The Morgan fingerprint density at radius 1 is 1.32 bits per heavy atom. The summed E-state index contributed by atoms with van der Waals surface area (Å²) in [6.07, 6.45) is 3.54. The molecular formula is C24H30N6O3S. The fourth-order valence-corrected chi connectivity index (χ4v) is 3.83. The highest BCUT2D eigenvalue weighted by Crippen LogP contribution is 2.25. The molecule has 0 aliphatic carbocycles. The summed E-state index contributed by atoms with van der Waals surface area (Å²) >= 11 is 1.79. The molecule has 1 aromatic heterocycles. The normalized spacial score (nSPS) is 11.7. The zero-order valence-corrected chi connectivity index (χ0v) is 20.6. The monoisotopic (exact) mass is 482 g/mol. The predicted molar refractivity (Wildman–Crippen MR) is 136 cm³/mol. The van der Waals surface area contributed by atoms with Crippen LogP contribution in [0.15, 0.2) is 47.7 Å². The number of hydrogen-bond acceptors (Lipinski definition) is 6. The number of aromatic amines is 1. The van der Waals surface area contributed by atoms with Gasteiger partial charge in [0.15, 0.2) is 6.19 Å². The van der Waals surface area contributed by atoms with E-state index in [9.17, 15) is 4.79 Å². The summed E-state index contributed by atoms with van der Waals surface area (Å²) in [5.41, 5.74) is 3.03. The van der Waals surface area contributed by atoms with E-state index in [1.54, 1.807) is 39.2 Å². The van der Waals surface area contributed by atoms with Gasteiger partial charge in [0.2, 0.25) is 5.96 Å². The smallest absolute Gasteiger partial charge is 0.310 e. The number of carboxylic acid groups (broad SMARTS) is 1. The average Bonchev–Trinajstić information content (AvgIpc) is 3.26. The van der Waals surface area contributed by atoms with Gasteiger partial charge in [-0.1, -0.05) is 24.3 Å². The van der Waals surface area contributed by atoms with Gasteiger partial charge in [-0.2, -0.15) is 17.0 Å². The number of H-pyrrole nitrogens is 1. The Hall–Kier alpha value is -3.71. The summed E-state index contributed by atoms with van der Waals surface area (Å²) in [4.78, 5) is 22.1. The summed E-state index contributed by atoms with van der Waals surface area (Å²) in [7, 11) is 3.26. The highest BCUT2D eigenvalue weighted by molar-refractivity contribution is 7.98. The lowest BCUT2D eigenvalue weighted by Gasteiger charge is -2.08. The van der Waals surface area contributed by atoms with E-state index in [2.05, 4.69) is 25.6 Å². The van der Waals surface area contributed by atoms with E-state index in [1.807, 2.05) is 49.5 Å². The summed E-state index contributed by atoms with van der Waals surface area (Å²) in [5, 5.41) is 25.0. The Morgan fingerprint density at radius 2 is 2.06 bits per heavy atom. The number of nitrogens with zero attached hydrogens (tertiary/aromatic N) is 3. The standard InChI is InChI=1S/C14H14O3.C10H16N6S/c1-9(14(15)16)10-3-4-12-8-13(17-2)6-5-11(12)7-10;1-8-9(16-7-15-8)5-17-4-3-13-10(12-2)14-6-11/h3-9H,1-2H3,(H,15,16);7H,3-5H2,1-2H3,(H,15,16)(H2,12,13,14)/t9-;/m0./s1. The topological polar surface area (TPSA) is 135 Å². The molecular weight excluding hydrogens is 452 g/mol. The van der Waals surface area contributed by atoms with E-state index < -0.39 is 11.9 Å². The fourth-order valence-electron chi connectivity index (χ4n) is 2.96. The Bertz CT molecular complexity index is 1160. The minimum atomic E-state index is -0.808. The number of ether oxygens (including phenoxy) is 1. The first-order valence-electron chi connectivity index (χ1n) is 10.6. The summed E-state index contributed by atoms with van der Waals surface area (Å²) < 4.78 is 5.14. The molecule has 0 unspecified atom stereocenters. The van der Waals surface area contributed by atoms with Crippen LogP contribution in [0, 0.1) is 18.4 Å². The molecule has 0 fully saturated rings. The maximum Gasteiger partial charge on any atom is 0.310 e. The van der Waals surface area contributed by atoms with Crippen molar-refractivity contribution in [2.24, 2.45) is 4.99 Å². The molecule has 0 bridgehead atoms. The largest absolute Gasteiger partial charge is 0.497 e. The van der Waals surface area contributed by atoms with Crippen LogP contribution in [0.1, 0.15) is 29.8 Å².